The highest BCUT2D eigenvalue weighted by Crippen LogP contribution is 2.36. The molecule has 0 aliphatic heterocycles. The Morgan fingerprint density at radius 3 is 2.79 bits per heavy atom. The number of aryl methyl sites for hydroxylation is 1. The average Bonchev–Trinajstić information content (AvgIpc) is 3.05. The van der Waals surface area contributed by atoms with E-state index in [2.05, 4.69) is 16.9 Å². The van der Waals surface area contributed by atoms with Crippen LogP contribution in [0.2, 0.25) is 0 Å². The summed E-state index contributed by atoms with van der Waals surface area (Å²) in [5.74, 6) is 1.18. The number of H-pyrrole nitrogens is 1. The number of ether oxygens (including phenoxy) is 2. The van der Waals surface area contributed by atoms with Gasteiger partial charge in [0.25, 0.3) is 5.56 Å². The second kappa shape index (κ2) is 7.39. The lowest BCUT2D eigenvalue weighted by Gasteiger charge is -2.17. The molecule has 3 aromatic rings. The number of aromatic amines is 1. The van der Waals surface area contributed by atoms with Gasteiger partial charge in [0, 0.05) is 4.88 Å². The predicted molar refractivity (Wildman–Crippen MR) is 108 cm³/mol. The van der Waals surface area contributed by atoms with Crippen LogP contribution in [-0.4, -0.2) is 23.0 Å². The molecule has 0 radical (unpaired) electrons. The molecule has 0 fully saturated rings. The summed E-state index contributed by atoms with van der Waals surface area (Å²) in [5, 5.41) is 0.698. The van der Waals surface area contributed by atoms with E-state index in [1.165, 1.54) is 4.88 Å². The lowest BCUT2D eigenvalue weighted by atomic mass is 9.89. The Labute approximate surface area is 166 Å². The van der Waals surface area contributed by atoms with Crippen LogP contribution in [-0.2, 0) is 17.6 Å². The van der Waals surface area contributed by atoms with E-state index < -0.39 is 12.1 Å². The zero-order valence-corrected chi connectivity index (χ0v) is 16.9. The van der Waals surface area contributed by atoms with Gasteiger partial charge in [-0.05, 0) is 61.9 Å². The quantitative estimate of drug-likeness (QED) is 0.671. The van der Waals surface area contributed by atoms with Gasteiger partial charge in [0.2, 0.25) is 0 Å². The summed E-state index contributed by atoms with van der Waals surface area (Å²) in [5.41, 5.74) is 1.40. The molecule has 0 saturated carbocycles. The molecule has 0 saturated heterocycles. The molecule has 2 aromatic heterocycles. The molecule has 0 bridgehead atoms. The van der Waals surface area contributed by atoms with Gasteiger partial charge < -0.3 is 14.5 Å². The molecule has 1 aliphatic carbocycles. The monoisotopic (exact) mass is 398 g/mol. The standard InChI is InChI=1S/C21H22N2O4S/c1-11-4-9-15-16(10-11)28-20-17(15)19(24)22-18(23-20)12(2)27-21(25)13-5-7-14(26-3)8-6-13/h5-8,11-12H,4,9-10H2,1-3H3,(H,22,23,24)/t11-,12+/m1/s1. The maximum atomic E-state index is 12.7. The number of methoxy groups -OCH3 is 1. The van der Waals surface area contributed by atoms with Crippen LogP contribution in [0.25, 0.3) is 10.2 Å². The van der Waals surface area contributed by atoms with Gasteiger partial charge in [0.15, 0.2) is 11.9 Å². The fourth-order valence-electron chi connectivity index (χ4n) is 3.57. The third-order valence-corrected chi connectivity index (χ3v) is 6.33. The van der Waals surface area contributed by atoms with Crippen molar-refractivity contribution in [1.82, 2.24) is 9.97 Å². The average molecular weight is 398 g/mol. The molecule has 1 N–H and O–H groups in total. The largest absolute Gasteiger partial charge is 0.497 e. The van der Waals surface area contributed by atoms with Crippen molar-refractivity contribution in [3.05, 3.63) is 56.4 Å². The molecule has 0 unspecified atom stereocenters. The molecular weight excluding hydrogens is 376 g/mol. The molecule has 6 nitrogen and oxygen atoms in total. The number of hydrogen-bond acceptors (Lipinski definition) is 6. The minimum Gasteiger partial charge on any atom is -0.497 e. The summed E-state index contributed by atoms with van der Waals surface area (Å²) in [6.07, 6.45) is 2.34. The number of carbonyl (C=O) groups is 1. The number of nitrogens with zero attached hydrogens (tertiary/aromatic N) is 1. The van der Waals surface area contributed by atoms with E-state index in [-0.39, 0.29) is 5.56 Å². The molecule has 2 atom stereocenters. The van der Waals surface area contributed by atoms with Gasteiger partial charge in [-0.15, -0.1) is 11.3 Å². The molecular formula is C21H22N2O4S. The molecule has 28 heavy (non-hydrogen) atoms. The van der Waals surface area contributed by atoms with Crippen molar-refractivity contribution in [3.8, 4) is 5.75 Å². The van der Waals surface area contributed by atoms with E-state index in [1.807, 2.05) is 0 Å². The van der Waals surface area contributed by atoms with Crippen LogP contribution in [0, 0.1) is 5.92 Å². The Morgan fingerprint density at radius 1 is 1.32 bits per heavy atom. The van der Waals surface area contributed by atoms with E-state index in [1.54, 1.807) is 49.6 Å². The van der Waals surface area contributed by atoms with Crippen molar-refractivity contribution >= 4 is 27.5 Å². The Bertz CT molecular complexity index is 1080. The summed E-state index contributed by atoms with van der Waals surface area (Å²) >= 11 is 1.58. The van der Waals surface area contributed by atoms with E-state index in [9.17, 15) is 9.59 Å². The van der Waals surface area contributed by atoms with Crippen molar-refractivity contribution < 1.29 is 14.3 Å². The number of thiophene rings is 1. The van der Waals surface area contributed by atoms with Gasteiger partial charge in [-0.25, -0.2) is 9.78 Å². The molecule has 0 amide bonds. The van der Waals surface area contributed by atoms with Crippen LogP contribution >= 0.6 is 11.3 Å². The fourth-order valence-corrected chi connectivity index (χ4v) is 4.96. The van der Waals surface area contributed by atoms with Crippen LogP contribution in [0.1, 0.15) is 53.0 Å². The normalized spacial score (nSPS) is 17.2. The number of rotatable bonds is 4. The van der Waals surface area contributed by atoms with E-state index in [0.717, 1.165) is 29.7 Å². The summed E-state index contributed by atoms with van der Waals surface area (Å²) in [6, 6.07) is 6.68. The van der Waals surface area contributed by atoms with Gasteiger partial charge in [0.1, 0.15) is 10.6 Å². The molecule has 146 valence electrons. The zero-order valence-electron chi connectivity index (χ0n) is 16.1. The number of benzene rings is 1. The van der Waals surface area contributed by atoms with Crippen LogP contribution in [0.15, 0.2) is 29.1 Å². The highest BCUT2D eigenvalue weighted by molar-refractivity contribution is 7.18. The van der Waals surface area contributed by atoms with Crippen molar-refractivity contribution in [1.29, 1.82) is 0 Å². The first-order valence-corrected chi connectivity index (χ1v) is 10.2. The third-order valence-electron chi connectivity index (χ3n) is 5.18. The topological polar surface area (TPSA) is 81.3 Å². The Balaban J connectivity index is 1.59. The van der Waals surface area contributed by atoms with E-state index in [0.29, 0.717) is 28.4 Å². The van der Waals surface area contributed by atoms with Gasteiger partial charge in [-0.2, -0.15) is 0 Å². The first-order valence-electron chi connectivity index (χ1n) is 9.35. The smallest absolute Gasteiger partial charge is 0.338 e. The first kappa shape index (κ1) is 18.7. The van der Waals surface area contributed by atoms with E-state index in [4.69, 9.17) is 9.47 Å². The SMILES string of the molecule is COc1ccc(C(=O)O[C@@H](C)c2nc3sc4c(c3c(=O)[nH]2)CC[C@@H](C)C4)cc1. The lowest BCUT2D eigenvalue weighted by molar-refractivity contribution is 0.0320. The third kappa shape index (κ3) is 3.42. The van der Waals surface area contributed by atoms with Crippen molar-refractivity contribution in [2.75, 3.05) is 7.11 Å². The minimum atomic E-state index is -0.662. The molecule has 7 heteroatoms. The number of hydrogen-bond donors (Lipinski definition) is 1. The molecule has 1 aliphatic rings. The van der Waals surface area contributed by atoms with Gasteiger partial charge >= 0.3 is 5.97 Å². The number of nitrogens with one attached hydrogen (secondary N) is 1. The van der Waals surface area contributed by atoms with Gasteiger partial charge in [-0.1, -0.05) is 6.92 Å². The summed E-state index contributed by atoms with van der Waals surface area (Å²) in [7, 11) is 1.57. The maximum Gasteiger partial charge on any atom is 0.338 e. The Hall–Kier alpha value is -2.67. The molecule has 1 aromatic carbocycles. The summed E-state index contributed by atoms with van der Waals surface area (Å²) in [6.45, 7) is 3.94. The number of aromatic nitrogens is 2. The molecule has 4 rings (SSSR count). The Morgan fingerprint density at radius 2 is 2.07 bits per heavy atom. The van der Waals surface area contributed by atoms with E-state index >= 15 is 0 Å². The van der Waals surface area contributed by atoms with Crippen molar-refractivity contribution in [3.63, 3.8) is 0 Å². The summed E-state index contributed by atoms with van der Waals surface area (Å²) in [4.78, 5) is 34.5. The van der Waals surface area contributed by atoms with Gasteiger partial charge in [-0.3, -0.25) is 4.79 Å². The molecule has 0 spiro atoms. The predicted octanol–water partition coefficient (Wildman–Crippen LogP) is 4.04. The number of fused-ring (bicyclic) bond motifs is 3. The highest BCUT2D eigenvalue weighted by Gasteiger charge is 2.24. The zero-order chi connectivity index (χ0) is 19.8. The highest BCUT2D eigenvalue weighted by atomic mass is 32.1. The maximum absolute atomic E-state index is 12.7. The minimum absolute atomic E-state index is 0.153. The Kier molecular flexibility index (Phi) is 4.93. The number of carbonyl (C=O) groups excluding carboxylic acids is 1. The summed E-state index contributed by atoms with van der Waals surface area (Å²) < 4.78 is 10.6. The van der Waals surface area contributed by atoms with Crippen LogP contribution < -0.4 is 10.3 Å². The van der Waals surface area contributed by atoms with Crippen LogP contribution in [0.3, 0.4) is 0 Å². The second-order valence-electron chi connectivity index (χ2n) is 7.26. The van der Waals surface area contributed by atoms with Crippen molar-refractivity contribution in [2.24, 2.45) is 5.92 Å². The molecule has 2 heterocycles. The van der Waals surface area contributed by atoms with Crippen LogP contribution in [0.4, 0.5) is 0 Å². The fraction of sp³-hybridized carbons (Fsp3) is 0.381. The lowest BCUT2D eigenvalue weighted by Crippen LogP contribution is -2.18. The first-order chi connectivity index (χ1) is 13.5. The second-order valence-corrected chi connectivity index (χ2v) is 8.34. The van der Waals surface area contributed by atoms with Crippen LogP contribution in [0.5, 0.6) is 5.75 Å². The van der Waals surface area contributed by atoms with Crippen molar-refractivity contribution in [2.45, 2.75) is 39.2 Å². The van der Waals surface area contributed by atoms with Gasteiger partial charge in [0.05, 0.1) is 18.1 Å². The number of esters is 1.